The molecule has 5 nitrogen and oxygen atoms in total. The van der Waals surface area contributed by atoms with Crippen molar-refractivity contribution in [3.05, 3.63) is 35.4 Å². The Bertz CT molecular complexity index is 835. The molecule has 1 aromatic carbocycles. The number of piperidine rings is 1. The standard InChI is InChI=1S/C22H28N2O3/c1-4-14-11-23-8-7-22-18-6-5-15(27-3)9-19(18)24(13(2)26)21(22)17(12-25)16(14)10-20(22)23/h4-6,9,16-17,20-21,25H,7-8,10-12H2,1-3H3. The monoisotopic (exact) mass is 368 g/mol. The quantitative estimate of drug-likeness (QED) is 0.814. The second-order valence-corrected chi connectivity index (χ2v) is 8.55. The summed E-state index contributed by atoms with van der Waals surface area (Å²) in [6.45, 7) is 5.95. The molecule has 1 aliphatic carbocycles. The van der Waals surface area contributed by atoms with E-state index in [0.717, 1.165) is 37.4 Å². The van der Waals surface area contributed by atoms with Crippen molar-refractivity contribution in [3.63, 3.8) is 0 Å². The van der Waals surface area contributed by atoms with E-state index in [-0.39, 0.29) is 29.9 Å². The summed E-state index contributed by atoms with van der Waals surface area (Å²) in [5.41, 5.74) is 3.62. The van der Waals surface area contributed by atoms with Gasteiger partial charge >= 0.3 is 0 Å². The van der Waals surface area contributed by atoms with Crippen molar-refractivity contribution in [2.24, 2.45) is 11.8 Å². The number of aliphatic hydroxyl groups is 1. The summed E-state index contributed by atoms with van der Waals surface area (Å²) < 4.78 is 5.47. The van der Waals surface area contributed by atoms with E-state index < -0.39 is 0 Å². The molecule has 5 rings (SSSR count). The number of carbonyl (C=O) groups is 1. The third kappa shape index (κ3) is 1.99. The third-order valence-electron chi connectivity index (χ3n) is 7.80. The van der Waals surface area contributed by atoms with Gasteiger partial charge in [0.25, 0.3) is 0 Å². The van der Waals surface area contributed by atoms with Gasteiger partial charge in [0.1, 0.15) is 5.75 Å². The van der Waals surface area contributed by atoms with Crippen molar-refractivity contribution < 1.29 is 14.6 Å². The number of hydrogen-bond acceptors (Lipinski definition) is 4. The van der Waals surface area contributed by atoms with E-state index in [1.54, 1.807) is 14.0 Å². The van der Waals surface area contributed by atoms with E-state index in [4.69, 9.17) is 4.74 Å². The van der Waals surface area contributed by atoms with E-state index in [1.807, 2.05) is 17.0 Å². The number of hydrogen-bond donors (Lipinski definition) is 1. The van der Waals surface area contributed by atoms with E-state index in [1.165, 1.54) is 11.1 Å². The highest BCUT2D eigenvalue weighted by Gasteiger charge is 2.67. The van der Waals surface area contributed by atoms with Crippen LogP contribution < -0.4 is 9.64 Å². The molecule has 3 fully saturated rings. The molecule has 1 N–H and O–H groups in total. The lowest BCUT2D eigenvalue weighted by atomic mass is 9.55. The van der Waals surface area contributed by atoms with Crippen LogP contribution in [0, 0.1) is 11.8 Å². The first-order valence-electron chi connectivity index (χ1n) is 10.0. The molecule has 5 heteroatoms. The van der Waals surface area contributed by atoms with Crippen molar-refractivity contribution >= 4 is 11.6 Å². The van der Waals surface area contributed by atoms with Gasteiger partial charge in [-0.15, -0.1) is 0 Å². The maximum absolute atomic E-state index is 12.8. The Morgan fingerprint density at radius 2 is 2.26 bits per heavy atom. The highest BCUT2D eigenvalue weighted by molar-refractivity contribution is 5.96. The normalized spacial score (nSPS) is 38.1. The Balaban J connectivity index is 1.76. The van der Waals surface area contributed by atoms with E-state index in [0.29, 0.717) is 12.0 Å². The molecule has 4 aliphatic rings. The Hall–Kier alpha value is -1.85. The second-order valence-electron chi connectivity index (χ2n) is 8.55. The van der Waals surface area contributed by atoms with Gasteiger partial charge in [0.2, 0.25) is 5.91 Å². The van der Waals surface area contributed by atoms with E-state index in [9.17, 15) is 9.90 Å². The average molecular weight is 368 g/mol. The molecule has 3 aliphatic heterocycles. The minimum atomic E-state index is -0.0730. The summed E-state index contributed by atoms with van der Waals surface area (Å²) in [4.78, 5) is 17.4. The van der Waals surface area contributed by atoms with Crippen LogP contribution in [0.5, 0.6) is 5.75 Å². The number of nitrogens with zero attached hydrogens (tertiary/aromatic N) is 2. The van der Waals surface area contributed by atoms with Crippen molar-refractivity contribution in [1.29, 1.82) is 0 Å². The first-order valence-corrected chi connectivity index (χ1v) is 10.0. The molecule has 1 aromatic rings. The predicted molar refractivity (Wildman–Crippen MR) is 104 cm³/mol. The third-order valence-corrected chi connectivity index (χ3v) is 7.80. The largest absolute Gasteiger partial charge is 0.497 e. The van der Waals surface area contributed by atoms with Gasteiger partial charge in [-0.25, -0.2) is 0 Å². The lowest BCUT2D eigenvalue weighted by Crippen LogP contribution is -2.65. The highest BCUT2D eigenvalue weighted by Crippen LogP contribution is 2.63. The van der Waals surface area contributed by atoms with Crippen LogP contribution in [-0.4, -0.2) is 54.8 Å². The van der Waals surface area contributed by atoms with Crippen LogP contribution >= 0.6 is 0 Å². The number of fused-ring (bicyclic) bond motifs is 2. The molecular weight excluding hydrogens is 340 g/mol. The molecule has 0 radical (unpaired) electrons. The van der Waals surface area contributed by atoms with Crippen LogP contribution in [0.3, 0.4) is 0 Å². The van der Waals surface area contributed by atoms with E-state index in [2.05, 4.69) is 24.0 Å². The lowest BCUT2D eigenvalue weighted by Gasteiger charge is -2.56. The summed E-state index contributed by atoms with van der Waals surface area (Å²) >= 11 is 0. The molecule has 3 heterocycles. The van der Waals surface area contributed by atoms with Crippen molar-refractivity contribution in [3.8, 4) is 5.75 Å². The first kappa shape index (κ1) is 17.3. The minimum absolute atomic E-state index is 0.0195. The molecule has 27 heavy (non-hydrogen) atoms. The summed E-state index contributed by atoms with van der Waals surface area (Å²) in [6.07, 6.45) is 4.36. The van der Waals surface area contributed by atoms with Crippen LogP contribution in [-0.2, 0) is 10.2 Å². The number of allylic oxidation sites excluding steroid dienone is 1. The van der Waals surface area contributed by atoms with Gasteiger partial charge in [0.15, 0.2) is 0 Å². The number of carbonyl (C=O) groups excluding carboxylic acids is 1. The Morgan fingerprint density at radius 3 is 2.93 bits per heavy atom. The first-order chi connectivity index (χ1) is 13.1. The average Bonchev–Trinajstić information content (AvgIpc) is 3.21. The van der Waals surface area contributed by atoms with Crippen LogP contribution in [0.15, 0.2) is 29.8 Å². The number of methoxy groups -OCH3 is 1. The van der Waals surface area contributed by atoms with E-state index >= 15 is 0 Å². The van der Waals surface area contributed by atoms with Gasteiger partial charge < -0.3 is 14.7 Å². The fourth-order valence-electron chi connectivity index (χ4n) is 6.84. The van der Waals surface area contributed by atoms with Crippen molar-refractivity contribution in [1.82, 2.24) is 4.90 Å². The van der Waals surface area contributed by atoms with Gasteiger partial charge in [0, 0.05) is 43.5 Å². The molecular formula is C22H28N2O3. The van der Waals surface area contributed by atoms with Crippen molar-refractivity contribution in [2.75, 3.05) is 31.7 Å². The Kier molecular flexibility index (Phi) is 3.72. The van der Waals surface area contributed by atoms with Gasteiger partial charge in [-0.1, -0.05) is 17.7 Å². The molecule has 1 saturated carbocycles. The van der Waals surface area contributed by atoms with Crippen LogP contribution in [0.2, 0.25) is 0 Å². The molecule has 1 amide bonds. The maximum atomic E-state index is 12.8. The summed E-state index contributed by atoms with van der Waals surface area (Å²) in [6, 6.07) is 6.67. The number of rotatable bonds is 2. The van der Waals surface area contributed by atoms with Gasteiger partial charge in [-0.3, -0.25) is 9.69 Å². The number of anilines is 1. The number of benzene rings is 1. The van der Waals surface area contributed by atoms with Gasteiger partial charge in [0.05, 0.1) is 18.8 Å². The number of amides is 1. The fourth-order valence-corrected chi connectivity index (χ4v) is 6.84. The zero-order valence-electron chi connectivity index (χ0n) is 16.3. The molecule has 5 unspecified atom stereocenters. The zero-order chi connectivity index (χ0) is 18.9. The fraction of sp³-hybridized carbons (Fsp3) is 0.591. The van der Waals surface area contributed by atoms with Crippen LogP contribution in [0.4, 0.5) is 5.69 Å². The van der Waals surface area contributed by atoms with Gasteiger partial charge in [-0.05, 0) is 43.9 Å². The van der Waals surface area contributed by atoms with Crippen LogP contribution in [0.25, 0.3) is 0 Å². The second kappa shape index (κ2) is 5.82. The lowest BCUT2D eigenvalue weighted by molar-refractivity contribution is -0.118. The van der Waals surface area contributed by atoms with Crippen LogP contribution in [0.1, 0.15) is 32.3 Å². The highest BCUT2D eigenvalue weighted by atomic mass is 16.5. The molecule has 2 saturated heterocycles. The molecule has 1 spiro atoms. The zero-order valence-corrected chi connectivity index (χ0v) is 16.3. The minimum Gasteiger partial charge on any atom is -0.497 e. The summed E-state index contributed by atoms with van der Waals surface area (Å²) in [5, 5.41) is 10.5. The SMILES string of the molecule is CC=C1CN2CCC34c5ccc(OC)cc5N(C(C)=O)C3C(CO)C1CC24. The molecule has 0 aromatic heterocycles. The maximum Gasteiger partial charge on any atom is 0.224 e. The summed E-state index contributed by atoms with van der Waals surface area (Å²) in [5.74, 6) is 1.28. The smallest absolute Gasteiger partial charge is 0.224 e. The molecule has 144 valence electrons. The molecule has 5 atom stereocenters. The molecule has 2 bridgehead atoms. The van der Waals surface area contributed by atoms with Crippen molar-refractivity contribution in [2.45, 2.75) is 44.2 Å². The number of ether oxygens (including phenoxy) is 1. The Morgan fingerprint density at radius 1 is 1.44 bits per heavy atom. The van der Waals surface area contributed by atoms with Gasteiger partial charge in [-0.2, -0.15) is 0 Å². The summed E-state index contributed by atoms with van der Waals surface area (Å²) in [7, 11) is 1.67. The Labute approximate surface area is 160 Å². The predicted octanol–water partition coefficient (Wildman–Crippen LogP) is 2.33. The topological polar surface area (TPSA) is 53.0 Å². The number of aliphatic hydroxyl groups excluding tert-OH is 1.